The van der Waals surface area contributed by atoms with Crippen molar-refractivity contribution >= 4 is 34.2 Å². The lowest BCUT2D eigenvalue weighted by Crippen LogP contribution is -2.27. The van der Waals surface area contributed by atoms with Gasteiger partial charge in [-0.2, -0.15) is 13.5 Å². The van der Waals surface area contributed by atoms with Crippen molar-refractivity contribution in [3.63, 3.8) is 0 Å². The second-order valence-corrected chi connectivity index (χ2v) is 4.44. The van der Waals surface area contributed by atoms with Crippen LogP contribution in [-0.4, -0.2) is 41.5 Å². The maximum Gasteiger partial charge on any atom is 0.394 e. The molecule has 10 nitrogen and oxygen atoms in total. The molecule has 0 aliphatic heterocycles. The smallest absolute Gasteiger partial charge is 0.394 e. The first kappa shape index (κ1) is 19.1. The number of guanidine groups is 1. The molecule has 0 fully saturated rings. The molecule has 1 rings (SSSR count). The molecule has 0 saturated heterocycles. The van der Waals surface area contributed by atoms with Gasteiger partial charge in [0.25, 0.3) is 0 Å². The fourth-order valence-electron chi connectivity index (χ4n) is 0.823. The normalized spacial score (nSPS) is 11.7. The molecule has 0 amide bonds. The van der Waals surface area contributed by atoms with Gasteiger partial charge in [0.2, 0.25) is 5.96 Å². The highest BCUT2D eigenvalue weighted by atomic mass is 35.5. The summed E-state index contributed by atoms with van der Waals surface area (Å²) in [4.78, 5) is 0. The van der Waals surface area contributed by atoms with Gasteiger partial charge in [0.15, 0.2) is 0 Å². The summed E-state index contributed by atoms with van der Waals surface area (Å²) in [6.07, 6.45) is 1.40. The molecule has 0 bridgehead atoms. The summed E-state index contributed by atoms with van der Waals surface area (Å²) in [6, 6.07) is 6.92. The van der Waals surface area contributed by atoms with E-state index in [0.29, 0.717) is 10.8 Å². The molecule has 0 aromatic heterocycles. The summed E-state index contributed by atoms with van der Waals surface area (Å²) in [5.74, 6) is 0.482. The standard InChI is InChI=1S/C9H11ClN4O2.H2O4S/c10-7-1-3-8(4-2-7)16-6-5-12-13-9(11)14-15;1-5(2,3)4/h1-5,15H,6H2,(H3,11,13,14);(H2,1,2,3,4)/b12-5+;. The van der Waals surface area contributed by atoms with Crippen molar-refractivity contribution in [3.05, 3.63) is 29.3 Å². The molecule has 0 radical (unpaired) electrons. The van der Waals surface area contributed by atoms with Crippen LogP contribution < -0.4 is 16.0 Å². The molecule has 118 valence electrons. The summed E-state index contributed by atoms with van der Waals surface area (Å²) in [5, 5.41) is 15.8. The number of ether oxygens (including phenoxy) is 1. The third kappa shape index (κ3) is 14.3. The second kappa shape index (κ2) is 9.90. The number of rotatable bonds is 4. The van der Waals surface area contributed by atoms with Gasteiger partial charge in [-0.1, -0.05) is 11.6 Å². The van der Waals surface area contributed by atoms with E-state index in [-0.39, 0.29) is 12.6 Å². The second-order valence-electron chi connectivity index (χ2n) is 3.11. The number of halogens is 1. The molecule has 1 aromatic rings. The average Bonchev–Trinajstić information content (AvgIpc) is 2.38. The number of hydroxylamine groups is 1. The van der Waals surface area contributed by atoms with Crippen molar-refractivity contribution < 1.29 is 27.5 Å². The first-order valence-corrected chi connectivity index (χ1v) is 6.83. The first-order valence-electron chi connectivity index (χ1n) is 5.05. The molecule has 12 heteroatoms. The lowest BCUT2D eigenvalue weighted by atomic mass is 10.3. The van der Waals surface area contributed by atoms with Crippen LogP contribution in [0.15, 0.2) is 34.5 Å². The van der Waals surface area contributed by atoms with Crippen LogP contribution in [0.2, 0.25) is 5.02 Å². The van der Waals surface area contributed by atoms with E-state index in [1.54, 1.807) is 29.7 Å². The van der Waals surface area contributed by atoms with E-state index in [2.05, 4.69) is 10.2 Å². The quantitative estimate of drug-likeness (QED) is 0.226. The Morgan fingerprint density at radius 3 is 2.38 bits per heavy atom. The van der Waals surface area contributed by atoms with E-state index in [0.717, 1.165) is 0 Å². The minimum absolute atomic E-state index is 0.192. The Morgan fingerprint density at radius 2 is 1.90 bits per heavy atom. The number of nitrogens with one attached hydrogen (secondary N) is 1. The maximum atomic E-state index is 8.74. The fraction of sp³-hybridized carbons (Fsp3) is 0.111. The van der Waals surface area contributed by atoms with E-state index in [1.807, 2.05) is 0 Å². The third-order valence-electron chi connectivity index (χ3n) is 1.50. The molecule has 6 N–H and O–H groups in total. The highest BCUT2D eigenvalue weighted by molar-refractivity contribution is 7.79. The van der Waals surface area contributed by atoms with Crippen LogP contribution in [0.1, 0.15) is 0 Å². The fourth-order valence-corrected chi connectivity index (χ4v) is 0.949. The third-order valence-corrected chi connectivity index (χ3v) is 1.75. The van der Waals surface area contributed by atoms with Gasteiger partial charge in [-0.25, -0.2) is 5.48 Å². The van der Waals surface area contributed by atoms with Crippen molar-refractivity contribution in [2.45, 2.75) is 0 Å². The largest absolute Gasteiger partial charge is 0.488 e. The van der Waals surface area contributed by atoms with Crippen molar-refractivity contribution in [1.82, 2.24) is 5.48 Å². The zero-order chi connectivity index (χ0) is 16.3. The minimum atomic E-state index is -4.67. The monoisotopic (exact) mass is 340 g/mol. The van der Waals surface area contributed by atoms with Crippen molar-refractivity contribution in [2.75, 3.05) is 6.61 Å². The van der Waals surface area contributed by atoms with Gasteiger partial charge in [0.1, 0.15) is 12.4 Å². The molecule has 1 aromatic carbocycles. The van der Waals surface area contributed by atoms with Gasteiger partial charge in [-0.15, -0.1) is 5.10 Å². The van der Waals surface area contributed by atoms with Gasteiger partial charge < -0.3 is 10.5 Å². The van der Waals surface area contributed by atoms with Crippen LogP contribution >= 0.6 is 11.6 Å². The van der Waals surface area contributed by atoms with Gasteiger partial charge in [0.05, 0.1) is 6.21 Å². The summed E-state index contributed by atoms with van der Waals surface area (Å²) >= 11 is 5.70. The Kier molecular flexibility index (Phi) is 9.00. The van der Waals surface area contributed by atoms with Gasteiger partial charge >= 0.3 is 10.4 Å². The lowest BCUT2D eigenvalue weighted by Gasteiger charge is -2.01. The van der Waals surface area contributed by atoms with E-state index in [4.69, 9.17) is 44.8 Å². The highest BCUT2D eigenvalue weighted by Gasteiger charge is 1.91. The van der Waals surface area contributed by atoms with Crippen LogP contribution in [0.4, 0.5) is 0 Å². The molecule has 0 unspecified atom stereocenters. The number of hydrogen-bond acceptors (Lipinski definition) is 6. The Hall–Kier alpha value is -1.92. The Balaban J connectivity index is 0.000000690. The Labute approximate surface area is 125 Å². The van der Waals surface area contributed by atoms with Gasteiger partial charge in [0, 0.05) is 5.02 Å². The van der Waals surface area contributed by atoms with Crippen LogP contribution in [0.5, 0.6) is 5.75 Å². The summed E-state index contributed by atoms with van der Waals surface area (Å²) < 4.78 is 36.9. The number of benzene rings is 1. The number of hydrogen-bond donors (Lipinski definition) is 5. The summed E-state index contributed by atoms with van der Waals surface area (Å²) in [7, 11) is -4.67. The van der Waals surface area contributed by atoms with Crippen LogP contribution in [0.3, 0.4) is 0 Å². The van der Waals surface area contributed by atoms with Crippen LogP contribution in [-0.2, 0) is 10.4 Å². The first-order chi connectivity index (χ1) is 9.72. The van der Waals surface area contributed by atoms with E-state index < -0.39 is 10.4 Å². The molecule has 0 aliphatic carbocycles. The SMILES string of the molecule is N/C(=N/N=C/COc1ccc(Cl)cc1)NO.O=S(=O)(O)O. The van der Waals surface area contributed by atoms with Crippen molar-refractivity contribution in [3.8, 4) is 5.75 Å². The molecule has 0 atom stereocenters. The predicted octanol–water partition coefficient (Wildman–Crippen LogP) is 0.345. The summed E-state index contributed by atoms with van der Waals surface area (Å²) in [6.45, 7) is 0.240. The summed E-state index contributed by atoms with van der Waals surface area (Å²) in [5.41, 5.74) is 6.74. The predicted molar refractivity (Wildman–Crippen MR) is 76.2 cm³/mol. The lowest BCUT2D eigenvalue weighted by molar-refractivity contribution is 0.232. The topological polar surface area (TPSA) is 167 Å². The molecule has 0 aliphatic rings. The van der Waals surface area contributed by atoms with E-state index in [9.17, 15) is 0 Å². The van der Waals surface area contributed by atoms with Crippen molar-refractivity contribution in [1.29, 1.82) is 0 Å². The highest BCUT2D eigenvalue weighted by Crippen LogP contribution is 2.14. The van der Waals surface area contributed by atoms with Gasteiger partial charge in [-0.3, -0.25) is 14.3 Å². The van der Waals surface area contributed by atoms with Crippen LogP contribution in [0.25, 0.3) is 0 Å². The zero-order valence-electron chi connectivity index (χ0n) is 10.4. The number of nitrogens with zero attached hydrogens (tertiary/aromatic N) is 2. The molecule has 0 spiro atoms. The molecule has 0 heterocycles. The van der Waals surface area contributed by atoms with Gasteiger partial charge in [-0.05, 0) is 24.3 Å². The molecule has 21 heavy (non-hydrogen) atoms. The Morgan fingerprint density at radius 1 is 1.38 bits per heavy atom. The van der Waals surface area contributed by atoms with Crippen molar-refractivity contribution in [2.24, 2.45) is 15.9 Å². The van der Waals surface area contributed by atoms with Crippen LogP contribution in [0, 0.1) is 0 Å². The molecular formula is C9H13ClN4O6S. The van der Waals surface area contributed by atoms with E-state index in [1.165, 1.54) is 6.21 Å². The zero-order valence-corrected chi connectivity index (χ0v) is 12.0. The number of nitrogens with two attached hydrogens (primary N) is 1. The average molecular weight is 341 g/mol. The minimum Gasteiger partial charge on any atom is -0.488 e. The molecule has 0 saturated carbocycles. The van der Waals surface area contributed by atoms with E-state index >= 15 is 0 Å². The maximum absolute atomic E-state index is 8.74. The Bertz CT molecular complexity index is 566. The molecular weight excluding hydrogens is 328 g/mol.